The summed E-state index contributed by atoms with van der Waals surface area (Å²) in [6.45, 7) is 2.03. The summed E-state index contributed by atoms with van der Waals surface area (Å²) in [5, 5.41) is 11.3. The topological polar surface area (TPSA) is 102 Å². The maximum absolute atomic E-state index is 11.9. The second kappa shape index (κ2) is 6.63. The first-order valence-corrected chi connectivity index (χ1v) is 5.87. The number of carboxylic acids is 1. The van der Waals surface area contributed by atoms with Crippen LogP contribution < -0.4 is 15.8 Å². The maximum Gasteiger partial charge on any atom is 0.303 e. The molecule has 0 saturated carbocycles. The van der Waals surface area contributed by atoms with Gasteiger partial charge >= 0.3 is 5.97 Å². The van der Waals surface area contributed by atoms with Gasteiger partial charge in [0.1, 0.15) is 5.75 Å². The van der Waals surface area contributed by atoms with Crippen LogP contribution in [0.25, 0.3) is 0 Å². The fraction of sp³-hybridized carbons (Fsp3) is 0.385. The summed E-state index contributed by atoms with van der Waals surface area (Å²) in [6, 6.07) is 4.81. The molecule has 1 unspecified atom stereocenters. The molecule has 1 aromatic carbocycles. The molecule has 104 valence electrons. The van der Waals surface area contributed by atoms with Gasteiger partial charge in [-0.05, 0) is 24.1 Å². The Morgan fingerprint density at radius 3 is 2.74 bits per heavy atom. The summed E-state index contributed by atoms with van der Waals surface area (Å²) in [6.07, 6.45) is 0.00781. The number of hydrogen-bond acceptors (Lipinski definition) is 4. The highest BCUT2D eigenvalue weighted by molar-refractivity contribution is 5.99. The third-order valence-electron chi connectivity index (χ3n) is 2.64. The quantitative estimate of drug-likeness (QED) is 0.670. The van der Waals surface area contributed by atoms with Crippen molar-refractivity contribution >= 4 is 17.6 Å². The van der Waals surface area contributed by atoms with Crippen molar-refractivity contribution in [2.75, 3.05) is 19.4 Å². The van der Waals surface area contributed by atoms with Crippen molar-refractivity contribution in [2.45, 2.75) is 13.3 Å². The molecule has 6 heteroatoms. The molecular weight excluding hydrogens is 248 g/mol. The largest absolute Gasteiger partial charge is 0.497 e. The Kier molecular flexibility index (Phi) is 5.17. The Bertz CT molecular complexity index is 474. The van der Waals surface area contributed by atoms with Crippen LogP contribution in [0, 0.1) is 5.92 Å². The van der Waals surface area contributed by atoms with E-state index in [2.05, 4.69) is 5.32 Å². The number of benzene rings is 1. The normalized spacial score (nSPS) is 11.7. The van der Waals surface area contributed by atoms with Crippen molar-refractivity contribution in [2.24, 2.45) is 5.92 Å². The molecule has 0 aliphatic heterocycles. The molecule has 6 nitrogen and oxygen atoms in total. The molecule has 0 radical (unpaired) electrons. The van der Waals surface area contributed by atoms with Gasteiger partial charge in [0.15, 0.2) is 0 Å². The summed E-state index contributed by atoms with van der Waals surface area (Å²) < 4.78 is 5.02. The average Bonchev–Trinajstić information content (AvgIpc) is 2.35. The van der Waals surface area contributed by atoms with E-state index < -0.39 is 5.97 Å². The van der Waals surface area contributed by atoms with E-state index in [0.29, 0.717) is 17.0 Å². The number of nitrogens with one attached hydrogen (secondary N) is 1. The Morgan fingerprint density at radius 2 is 2.16 bits per heavy atom. The average molecular weight is 266 g/mol. The predicted molar refractivity (Wildman–Crippen MR) is 71.2 cm³/mol. The van der Waals surface area contributed by atoms with Crippen molar-refractivity contribution in [1.29, 1.82) is 0 Å². The first-order valence-electron chi connectivity index (χ1n) is 5.87. The summed E-state index contributed by atoms with van der Waals surface area (Å²) >= 11 is 0. The molecule has 0 fully saturated rings. The van der Waals surface area contributed by atoms with Crippen molar-refractivity contribution in [3.63, 3.8) is 0 Å². The predicted octanol–water partition coefficient (Wildman–Crippen LogP) is 1.12. The van der Waals surface area contributed by atoms with Crippen LogP contribution in [-0.2, 0) is 4.79 Å². The van der Waals surface area contributed by atoms with Gasteiger partial charge in [0, 0.05) is 18.7 Å². The van der Waals surface area contributed by atoms with Gasteiger partial charge in [0.05, 0.1) is 12.7 Å². The molecule has 0 aliphatic carbocycles. The molecule has 1 rings (SSSR count). The molecule has 1 atom stereocenters. The molecule has 4 N–H and O–H groups in total. The minimum atomic E-state index is -0.886. The van der Waals surface area contributed by atoms with Crippen LogP contribution in [0.3, 0.4) is 0 Å². The molecule has 0 heterocycles. The maximum atomic E-state index is 11.9. The number of carboxylic acid groups (broad SMARTS) is 1. The zero-order valence-corrected chi connectivity index (χ0v) is 11.0. The number of hydrogen-bond donors (Lipinski definition) is 3. The van der Waals surface area contributed by atoms with E-state index in [4.69, 9.17) is 15.6 Å². The van der Waals surface area contributed by atoms with E-state index in [1.165, 1.54) is 7.11 Å². The zero-order valence-electron chi connectivity index (χ0n) is 11.0. The summed E-state index contributed by atoms with van der Waals surface area (Å²) in [5.74, 6) is -0.831. The van der Waals surface area contributed by atoms with E-state index in [0.717, 1.165) is 0 Å². The van der Waals surface area contributed by atoms with Crippen molar-refractivity contribution in [3.8, 4) is 5.75 Å². The molecule has 0 aliphatic rings. The second-order valence-corrected chi connectivity index (χ2v) is 4.37. The monoisotopic (exact) mass is 266 g/mol. The highest BCUT2D eigenvalue weighted by Gasteiger charge is 2.13. The van der Waals surface area contributed by atoms with Gasteiger partial charge in [0.25, 0.3) is 5.91 Å². The minimum absolute atomic E-state index is 0.00781. The Hall–Kier alpha value is -2.24. The van der Waals surface area contributed by atoms with Crippen LogP contribution in [0.15, 0.2) is 18.2 Å². The first-order chi connectivity index (χ1) is 8.93. The van der Waals surface area contributed by atoms with Crippen molar-refractivity contribution in [1.82, 2.24) is 5.32 Å². The van der Waals surface area contributed by atoms with E-state index in [-0.39, 0.29) is 24.8 Å². The number of amides is 1. The fourth-order valence-electron chi connectivity index (χ4n) is 1.59. The van der Waals surface area contributed by atoms with Crippen molar-refractivity contribution < 1.29 is 19.4 Å². The molecule has 0 bridgehead atoms. The number of carbonyl (C=O) groups is 2. The summed E-state index contributed by atoms with van der Waals surface area (Å²) in [5.41, 5.74) is 6.39. The lowest BCUT2D eigenvalue weighted by Gasteiger charge is -2.12. The highest BCUT2D eigenvalue weighted by atomic mass is 16.5. The number of carbonyl (C=O) groups excluding carboxylic acids is 1. The number of rotatable bonds is 6. The first kappa shape index (κ1) is 14.8. The fourth-order valence-corrected chi connectivity index (χ4v) is 1.59. The van der Waals surface area contributed by atoms with Gasteiger partial charge in [-0.25, -0.2) is 0 Å². The van der Waals surface area contributed by atoms with Gasteiger partial charge in [-0.1, -0.05) is 6.92 Å². The molecule has 1 amide bonds. The Labute approximate surface area is 111 Å². The number of ether oxygens (including phenoxy) is 1. The molecule has 0 spiro atoms. The molecule has 19 heavy (non-hydrogen) atoms. The highest BCUT2D eigenvalue weighted by Crippen LogP contribution is 2.19. The van der Waals surface area contributed by atoms with Crippen LogP contribution in [0.5, 0.6) is 5.75 Å². The number of anilines is 1. The number of methoxy groups -OCH3 is 1. The van der Waals surface area contributed by atoms with Gasteiger partial charge in [-0.3, -0.25) is 9.59 Å². The van der Waals surface area contributed by atoms with Crippen LogP contribution >= 0.6 is 0 Å². The molecule has 0 aromatic heterocycles. The smallest absolute Gasteiger partial charge is 0.303 e. The van der Waals surface area contributed by atoms with Gasteiger partial charge in [0.2, 0.25) is 0 Å². The van der Waals surface area contributed by atoms with Crippen molar-refractivity contribution in [3.05, 3.63) is 23.8 Å². The Morgan fingerprint density at radius 1 is 1.47 bits per heavy atom. The van der Waals surface area contributed by atoms with Crippen LogP contribution in [-0.4, -0.2) is 30.6 Å². The van der Waals surface area contributed by atoms with E-state index in [1.54, 1.807) is 25.1 Å². The minimum Gasteiger partial charge on any atom is -0.497 e. The van der Waals surface area contributed by atoms with E-state index in [1.807, 2.05) is 0 Å². The third-order valence-corrected chi connectivity index (χ3v) is 2.64. The molecule has 0 saturated heterocycles. The van der Waals surface area contributed by atoms with Crippen LogP contribution in [0.4, 0.5) is 5.69 Å². The van der Waals surface area contributed by atoms with Gasteiger partial charge in [-0.15, -0.1) is 0 Å². The second-order valence-electron chi connectivity index (χ2n) is 4.37. The SMILES string of the molecule is COc1ccc(N)c(C(=O)NCC(C)CC(=O)O)c1. The molecular formula is C13H18N2O4. The summed E-state index contributed by atoms with van der Waals surface area (Å²) in [4.78, 5) is 22.4. The van der Waals surface area contributed by atoms with E-state index >= 15 is 0 Å². The van der Waals surface area contributed by atoms with Crippen LogP contribution in [0.1, 0.15) is 23.7 Å². The lowest BCUT2D eigenvalue weighted by molar-refractivity contribution is -0.137. The van der Waals surface area contributed by atoms with E-state index in [9.17, 15) is 9.59 Å². The lowest BCUT2D eigenvalue weighted by atomic mass is 10.1. The number of nitrogens with two attached hydrogens (primary N) is 1. The van der Waals surface area contributed by atoms with Gasteiger partial charge < -0.3 is 20.9 Å². The third kappa shape index (κ3) is 4.50. The summed E-state index contributed by atoms with van der Waals surface area (Å²) in [7, 11) is 1.50. The standard InChI is InChI=1S/C13H18N2O4/c1-8(5-12(16)17)7-15-13(18)10-6-9(19-2)3-4-11(10)14/h3-4,6,8H,5,7,14H2,1-2H3,(H,15,18)(H,16,17). The van der Waals surface area contributed by atoms with Gasteiger partial charge in [-0.2, -0.15) is 0 Å². The zero-order chi connectivity index (χ0) is 14.4. The number of aliphatic carboxylic acids is 1. The lowest BCUT2D eigenvalue weighted by Crippen LogP contribution is -2.29. The molecule has 1 aromatic rings. The number of nitrogen functional groups attached to an aromatic ring is 1. The van der Waals surface area contributed by atoms with Crippen LogP contribution in [0.2, 0.25) is 0 Å². The Balaban J connectivity index is 2.65.